The molecule has 9 nitrogen and oxygen atoms in total. The van der Waals surface area contributed by atoms with Crippen LogP contribution in [0.1, 0.15) is 42.6 Å². The number of nitroso groups, excluding NO2 is 2. The second-order valence-corrected chi connectivity index (χ2v) is 6.82. The first-order chi connectivity index (χ1) is 13.2. The van der Waals surface area contributed by atoms with Gasteiger partial charge in [-0.1, -0.05) is 29.6 Å². The first kappa shape index (κ1) is 18.9. The molecule has 1 N–H and O–H groups in total. The zero-order valence-corrected chi connectivity index (χ0v) is 15.0. The van der Waals surface area contributed by atoms with E-state index in [-0.39, 0.29) is 18.8 Å². The van der Waals surface area contributed by atoms with Gasteiger partial charge in [-0.05, 0) is 30.9 Å². The van der Waals surface area contributed by atoms with Gasteiger partial charge in [-0.15, -0.1) is 0 Å². The number of amides is 1. The van der Waals surface area contributed by atoms with Gasteiger partial charge in [-0.2, -0.15) is 9.81 Å². The number of nitrogens with zero attached hydrogens (tertiary/aromatic N) is 4. The number of pyridine rings is 1. The predicted octanol–water partition coefficient (Wildman–Crippen LogP) is 2.92. The lowest BCUT2D eigenvalue weighted by Crippen LogP contribution is -2.39. The van der Waals surface area contributed by atoms with Gasteiger partial charge >= 0.3 is 0 Å². The molecule has 0 atom stereocenters. The summed E-state index contributed by atoms with van der Waals surface area (Å²) in [7, 11) is 0. The minimum atomic E-state index is -0.733. The van der Waals surface area contributed by atoms with E-state index in [2.05, 4.69) is 20.7 Å². The van der Waals surface area contributed by atoms with Gasteiger partial charge in [0.05, 0.1) is 18.8 Å². The average Bonchev–Trinajstić information content (AvgIpc) is 3.12. The minimum Gasteiger partial charge on any atom is -0.489 e. The van der Waals surface area contributed by atoms with E-state index in [0.29, 0.717) is 23.9 Å². The Morgan fingerprint density at radius 2 is 2.00 bits per heavy atom. The van der Waals surface area contributed by atoms with Crippen molar-refractivity contribution in [2.45, 2.75) is 38.1 Å². The number of nitrogens with one attached hydrogen (secondary N) is 1. The van der Waals surface area contributed by atoms with Crippen molar-refractivity contribution >= 4 is 11.6 Å². The molecule has 0 radical (unpaired) electrons. The number of ether oxygens (including phenoxy) is 1. The lowest BCUT2D eigenvalue weighted by molar-refractivity contribution is 0.0933. The summed E-state index contributed by atoms with van der Waals surface area (Å²) in [6.07, 6.45) is 9.32. The van der Waals surface area contributed by atoms with Crippen LogP contribution < -0.4 is 10.1 Å². The Kier molecular flexibility index (Phi) is 6.45. The highest BCUT2D eigenvalue weighted by atomic mass is 16.5. The third-order valence-electron chi connectivity index (χ3n) is 4.86. The van der Waals surface area contributed by atoms with Crippen molar-refractivity contribution < 1.29 is 9.53 Å². The largest absolute Gasteiger partial charge is 0.489 e. The van der Waals surface area contributed by atoms with E-state index in [9.17, 15) is 14.6 Å². The standard InChI is InChI=1S/C18H23N5O4/c24-18(22-14(9-20-25)10-21-26)15-11-19-17-16(7-4-8-23(15)17)27-12-13-5-2-1-3-6-13/h4,7-8,11,13-14H,1-3,5-6,9-10,12H2,(H,22,24). The Hall–Kier alpha value is -2.84. The van der Waals surface area contributed by atoms with Crippen molar-refractivity contribution in [3.63, 3.8) is 0 Å². The van der Waals surface area contributed by atoms with E-state index < -0.39 is 11.9 Å². The molecule has 0 spiro atoms. The van der Waals surface area contributed by atoms with Crippen LogP contribution in [0.2, 0.25) is 0 Å². The van der Waals surface area contributed by atoms with Crippen molar-refractivity contribution in [3.05, 3.63) is 40.0 Å². The molecule has 1 aliphatic carbocycles. The fraction of sp³-hybridized carbons (Fsp3) is 0.556. The highest BCUT2D eigenvalue weighted by Gasteiger charge is 2.20. The second-order valence-electron chi connectivity index (χ2n) is 6.82. The topological polar surface area (TPSA) is 114 Å². The maximum atomic E-state index is 12.5. The maximum absolute atomic E-state index is 12.5. The molecule has 27 heavy (non-hydrogen) atoms. The summed E-state index contributed by atoms with van der Waals surface area (Å²) in [4.78, 5) is 37.7. The number of hydrogen-bond donors (Lipinski definition) is 1. The van der Waals surface area contributed by atoms with E-state index in [4.69, 9.17) is 4.74 Å². The third kappa shape index (κ3) is 4.66. The Balaban J connectivity index is 1.72. The smallest absolute Gasteiger partial charge is 0.270 e. The Morgan fingerprint density at radius 3 is 2.70 bits per heavy atom. The molecule has 3 rings (SSSR count). The zero-order chi connectivity index (χ0) is 19.1. The fourth-order valence-corrected chi connectivity index (χ4v) is 3.42. The summed E-state index contributed by atoms with van der Waals surface area (Å²) >= 11 is 0. The summed E-state index contributed by atoms with van der Waals surface area (Å²) in [5.74, 6) is 0.733. The molecule has 2 aromatic heterocycles. The van der Waals surface area contributed by atoms with Crippen molar-refractivity contribution in [2.24, 2.45) is 16.3 Å². The number of aromatic nitrogens is 2. The molecular weight excluding hydrogens is 350 g/mol. The van der Waals surface area contributed by atoms with Crippen LogP contribution in [0.5, 0.6) is 5.75 Å². The van der Waals surface area contributed by atoms with E-state index >= 15 is 0 Å². The van der Waals surface area contributed by atoms with Gasteiger partial charge in [0.2, 0.25) is 0 Å². The van der Waals surface area contributed by atoms with Gasteiger partial charge in [0, 0.05) is 6.20 Å². The van der Waals surface area contributed by atoms with Crippen LogP contribution in [-0.2, 0) is 0 Å². The van der Waals surface area contributed by atoms with Crippen LogP contribution in [0.25, 0.3) is 5.65 Å². The second kappa shape index (κ2) is 9.20. The maximum Gasteiger partial charge on any atom is 0.270 e. The average molecular weight is 373 g/mol. The molecule has 0 unspecified atom stereocenters. The predicted molar refractivity (Wildman–Crippen MR) is 99.8 cm³/mol. The molecule has 1 aliphatic rings. The van der Waals surface area contributed by atoms with Gasteiger partial charge in [0.25, 0.3) is 5.91 Å². The van der Waals surface area contributed by atoms with Crippen molar-refractivity contribution in [3.8, 4) is 5.75 Å². The quantitative estimate of drug-likeness (QED) is 0.679. The van der Waals surface area contributed by atoms with Crippen LogP contribution in [0.15, 0.2) is 34.9 Å². The molecule has 0 aliphatic heterocycles. The number of hydrogen-bond acceptors (Lipinski definition) is 7. The number of imidazole rings is 1. The van der Waals surface area contributed by atoms with Crippen molar-refractivity contribution in [2.75, 3.05) is 19.7 Å². The summed E-state index contributed by atoms with van der Waals surface area (Å²) in [6.45, 7) is 0.208. The van der Waals surface area contributed by atoms with Crippen LogP contribution in [0.4, 0.5) is 0 Å². The van der Waals surface area contributed by atoms with Crippen molar-refractivity contribution in [1.82, 2.24) is 14.7 Å². The van der Waals surface area contributed by atoms with E-state index in [1.54, 1.807) is 16.7 Å². The molecule has 2 heterocycles. The Labute approximate surface area is 156 Å². The number of fused-ring (bicyclic) bond motifs is 1. The molecular formula is C18H23N5O4. The zero-order valence-electron chi connectivity index (χ0n) is 15.0. The SMILES string of the molecule is O=NCC(CN=O)NC(=O)c1cnc2c(OCC3CCCCC3)cccn12. The number of rotatable bonds is 9. The molecule has 144 valence electrons. The van der Waals surface area contributed by atoms with Crippen LogP contribution in [0, 0.1) is 15.7 Å². The molecule has 0 bridgehead atoms. The third-order valence-corrected chi connectivity index (χ3v) is 4.86. The first-order valence-electron chi connectivity index (χ1n) is 9.21. The monoisotopic (exact) mass is 373 g/mol. The van der Waals surface area contributed by atoms with E-state index in [0.717, 1.165) is 0 Å². The summed E-state index contributed by atoms with van der Waals surface area (Å²) < 4.78 is 7.61. The van der Waals surface area contributed by atoms with E-state index in [1.165, 1.54) is 38.3 Å². The van der Waals surface area contributed by atoms with Gasteiger partial charge in [0.15, 0.2) is 11.4 Å². The molecule has 1 saturated carbocycles. The molecule has 9 heteroatoms. The van der Waals surface area contributed by atoms with E-state index in [1.807, 2.05) is 6.07 Å². The highest BCUT2D eigenvalue weighted by Crippen LogP contribution is 2.26. The summed E-state index contributed by atoms with van der Waals surface area (Å²) in [5, 5.41) is 8.04. The number of carbonyl (C=O) groups excluding carboxylic acids is 1. The summed E-state index contributed by atoms with van der Waals surface area (Å²) in [5.41, 5.74) is 0.840. The lowest BCUT2D eigenvalue weighted by Gasteiger charge is -2.21. The Bertz CT molecular complexity index is 790. The molecule has 2 aromatic rings. The fourth-order valence-electron chi connectivity index (χ4n) is 3.42. The van der Waals surface area contributed by atoms with Crippen LogP contribution in [-0.4, -0.2) is 41.0 Å². The minimum absolute atomic E-state index is 0.218. The van der Waals surface area contributed by atoms with Crippen LogP contribution in [0.3, 0.4) is 0 Å². The number of carbonyl (C=O) groups is 1. The first-order valence-corrected chi connectivity index (χ1v) is 9.21. The van der Waals surface area contributed by atoms with Gasteiger partial charge in [-0.25, -0.2) is 4.98 Å². The van der Waals surface area contributed by atoms with Gasteiger partial charge < -0.3 is 10.1 Å². The highest BCUT2D eigenvalue weighted by molar-refractivity contribution is 5.93. The lowest BCUT2D eigenvalue weighted by atomic mass is 9.90. The summed E-state index contributed by atoms with van der Waals surface area (Å²) in [6, 6.07) is 2.89. The van der Waals surface area contributed by atoms with Gasteiger partial charge in [0.1, 0.15) is 18.8 Å². The van der Waals surface area contributed by atoms with Gasteiger partial charge in [-0.3, -0.25) is 9.20 Å². The normalized spacial score (nSPS) is 15.0. The molecule has 0 saturated heterocycles. The Morgan fingerprint density at radius 1 is 1.26 bits per heavy atom. The molecule has 0 aromatic carbocycles. The van der Waals surface area contributed by atoms with Crippen LogP contribution >= 0.6 is 0 Å². The molecule has 1 amide bonds. The molecule has 1 fully saturated rings. The van der Waals surface area contributed by atoms with Crippen molar-refractivity contribution in [1.29, 1.82) is 0 Å².